The van der Waals surface area contributed by atoms with Gasteiger partial charge >= 0.3 is 0 Å². The van der Waals surface area contributed by atoms with Crippen molar-refractivity contribution in [1.29, 1.82) is 0 Å². The van der Waals surface area contributed by atoms with Gasteiger partial charge in [-0.15, -0.1) is 0 Å². The summed E-state index contributed by atoms with van der Waals surface area (Å²) in [6.45, 7) is 6.46. The molecule has 0 saturated heterocycles. The van der Waals surface area contributed by atoms with Crippen molar-refractivity contribution in [1.82, 2.24) is 9.97 Å². The predicted octanol–water partition coefficient (Wildman–Crippen LogP) is 1.91. The molecule has 1 aromatic rings. The molecule has 5 nitrogen and oxygen atoms in total. The summed E-state index contributed by atoms with van der Waals surface area (Å²) in [5, 5.41) is 3.33. The maximum absolute atomic E-state index is 5.71. The van der Waals surface area contributed by atoms with E-state index < -0.39 is 0 Å². The summed E-state index contributed by atoms with van der Waals surface area (Å²) in [6, 6.07) is 0.350. The van der Waals surface area contributed by atoms with Crippen LogP contribution in [-0.2, 0) is 0 Å². The minimum atomic E-state index is 0.350. The first-order valence-electron chi connectivity index (χ1n) is 5.51. The fourth-order valence-corrected chi connectivity index (χ4v) is 1.61. The van der Waals surface area contributed by atoms with Gasteiger partial charge < -0.3 is 15.8 Å². The SMILES string of the molecule is CCC(Nc1ncnc(N)c1OC)C(C)C. The van der Waals surface area contributed by atoms with Crippen molar-refractivity contribution in [3.8, 4) is 5.75 Å². The lowest BCUT2D eigenvalue weighted by Crippen LogP contribution is -2.25. The number of anilines is 2. The zero-order valence-electron chi connectivity index (χ0n) is 10.3. The van der Waals surface area contributed by atoms with E-state index in [-0.39, 0.29) is 0 Å². The Labute approximate surface area is 96.4 Å². The standard InChI is InChI=1S/C11H20N4O/c1-5-8(7(2)3)15-11-9(16-4)10(12)13-6-14-11/h6-8H,5H2,1-4H3,(H3,12,13,14,15). The lowest BCUT2D eigenvalue weighted by Gasteiger charge is -2.22. The van der Waals surface area contributed by atoms with Crippen molar-refractivity contribution in [2.45, 2.75) is 33.2 Å². The van der Waals surface area contributed by atoms with E-state index in [0.29, 0.717) is 29.3 Å². The Hall–Kier alpha value is -1.52. The normalized spacial score (nSPS) is 12.6. The molecule has 0 aliphatic carbocycles. The van der Waals surface area contributed by atoms with Gasteiger partial charge in [-0.1, -0.05) is 20.8 Å². The summed E-state index contributed by atoms with van der Waals surface area (Å²) in [5.74, 6) is 2.06. The summed E-state index contributed by atoms with van der Waals surface area (Å²) in [4.78, 5) is 8.04. The topological polar surface area (TPSA) is 73.1 Å². The van der Waals surface area contributed by atoms with E-state index in [9.17, 15) is 0 Å². The molecule has 1 heterocycles. The second-order valence-electron chi connectivity index (χ2n) is 4.04. The molecule has 5 heteroatoms. The van der Waals surface area contributed by atoms with Crippen LogP contribution in [-0.4, -0.2) is 23.1 Å². The highest BCUT2D eigenvalue weighted by molar-refractivity contribution is 5.61. The first-order valence-corrected chi connectivity index (χ1v) is 5.51. The summed E-state index contributed by atoms with van der Waals surface area (Å²) >= 11 is 0. The van der Waals surface area contributed by atoms with Crippen LogP contribution in [0.5, 0.6) is 5.75 Å². The molecule has 1 atom stereocenters. The molecule has 16 heavy (non-hydrogen) atoms. The van der Waals surface area contributed by atoms with Crippen LogP contribution >= 0.6 is 0 Å². The molecule has 0 aromatic carbocycles. The van der Waals surface area contributed by atoms with Gasteiger partial charge in [0.2, 0.25) is 5.75 Å². The number of rotatable bonds is 5. The number of nitrogens with two attached hydrogens (primary N) is 1. The van der Waals surface area contributed by atoms with Crippen LogP contribution in [0.2, 0.25) is 0 Å². The van der Waals surface area contributed by atoms with E-state index in [1.807, 2.05) is 0 Å². The van der Waals surface area contributed by atoms with Gasteiger partial charge in [-0.05, 0) is 12.3 Å². The van der Waals surface area contributed by atoms with Crippen molar-refractivity contribution < 1.29 is 4.74 Å². The largest absolute Gasteiger partial charge is 0.490 e. The molecule has 1 aromatic heterocycles. The highest BCUT2D eigenvalue weighted by Gasteiger charge is 2.15. The van der Waals surface area contributed by atoms with Gasteiger partial charge in [0.1, 0.15) is 6.33 Å². The second-order valence-corrected chi connectivity index (χ2v) is 4.04. The average molecular weight is 224 g/mol. The number of nitrogen functional groups attached to an aromatic ring is 1. The smallest absolute Gasteiger partial charge is 0.203 e. The van der Waals surface area contributed by atoms with Gasteiger partial charge in [0.25, 0.3) is 0 Å². The molecule has 3 N–H and O–H groups in total. The first kappa shape index (κ1) is 12.5. The Balaban J connectivity index is 2.91. The summed E-state index contributed by atoms with van der Waals surface area (Å²) in [6.07, 6.45) is 2.46. The third-order valence-corrected chi connectivity index (χ3v) is 2.60. The molecule has 0 aliphatic heterocycles. The Morgan fingerprint density at radius 1 is 1.44 bits per heavy atom. The molecule has 0 fully saturated rings. The van der Waals surface area contributed by atoms with Gasteiger partial charge in [-0.2, -0.15) is 0 Å². The predicted molar refractivity (Wildman–Crippen MR) is 65.5 cm³/mol. The van der Waals surface area contributed by atoms with Gasteiger partial charge in [-0.3, -0.25) is 0 Å². The number of nitrogens with one attached hydrogen (secondary N) is 1. The Bertz CT molecular complexity index is 341. The Morgan fingerprint density at radius 2 is 2.12 bits per heavy atom. The molecule has 0 bridgehead atoms. The third-order valence-electron chi connectivity index (χ3n) is 2.60. The fraction of sp³-hybridized carbons (Fsp3) is 0.636. The van der Waals surface area contributed by atoms with E-state index in [2.05, 4.69) is 36.1 Å². The van der Waals surface area contributed by atoms with Crippen molar-refractivity contribution in [3.05, 3.63) is 6.33 Å². The summed E-state index contributed by atoms with van der Waals surface area (Å²) in [5.41, 5.74) is 5.71. The van der Waals surface area contributed by atoms with Crippen molar-refractivity contribution >= 4 is 11.6 Å². The van der Waals surface area contributed by atoms with Crippen LogP contribution in [0.3, 0.4) is 0 Å². The van der Waals surface area contributed by atoms with E-state index in [0.717, 1.165) is 6.42 Å². The highest BCUT2D eigenvalue weighted by atomic mass is 16.5. The van der Waals surface area contributed by atoms with Crippen LogP contribution in [0, 0.1) is 5.92 Å². The molecule has 0 aliphatic rings. The Morgan fingerprint density at radius 3 is 2.62 bits per heavy atom. The van der Waals surface area contributed by atoms with E-state index in [1.165, 1.54) is 6.33 Å². The molecule has 1 unspecified atom stereocenters. The zero-order chi connectivity index (χ0) is 12.1. The van der Waals surface area contributed by atoms with Gasteiger partial charge in [0, 0.05) is 6.04 Å². The third kappa shape index (κ3) is 2.74. The molecule has 0 radical (unpaired) electrons. The highest BCUT2D eigenvalue weighted by Crippen LogP contribution is 2.28. The molecular weight excluding hydrogens is 204 g/mol. The lowest BCUT2D eigenvalue weighted by molar-refractivity contribution is 0.412. The summed E-state index contributed by atoms with van der Waals surface area (Å²) < 4.78 is 5.19. The monoisotopic (exact) mass is 224 g/mol. The van der Waals surface area contributed by atoms with Crippen molar-refractivity contribution in [2.75, 3.05) is 18.2 Å². The molecule has 0 amide bonds. The van der Waals surface area contributed by atoms with Gasteiger partial charge in [0.05, 0.1) is 7.11 Å². The van der Waals surface area contributed by atoms with Crippen LogP contribution in [0.1, 0.15) is 27.2 Å². The molecule has 90 valence electrons. The van der Waals surface area contributed by atoms with E-state index in [1.54, 1.807) is 7.11 Å². The van der Waals surface area contributed by atoms with Crippen molar-refractivity contribution in [2.24, 2.45) is 5.92 Å². The number of hydrogen-bond donors (Lipinski definition) is 2. The fourth-order valence-electron chi connectivity index (χ4n) is 1.61. The average Bonchev–Trinajstić information content (AvgIpc) is 2.25. The van der Waals surface area contributed by atoms with Gasteiger partial charge in [-0.25, -0.2) is 9.97 Å². The maximum Gasteiger partial charge on any atom is 0.203 e. The van der Waals surface area contributed by atoms with Crippen LogP contribution in [0.25, 0.3) is 0 Å². The minimum Gasteiger partial charge on any atom is -0.490 e. The zero-order valence-corrected chi connectivity index (χ0v) is 10.3. The lowest BCUT2D eigenvalue weighted by atomic mass is 10.0. The van der Waals surface area contributed by atoms with Crippen molar-refractivity contribution in [3.63, 3.8) is 0 Å². The van der Waals surface area contributed by atoms with E-state index in [4.69, 9.17) is 10.5 Å². The molecule has 0 spiro atoms. The molecule has 1 rings (SSSR count). The minimum absolute atomic E-state index is 0.350. The Kier molecular flexibility index (Phi) is 4.34. The summed E-state index contributed by atoms with van der Waals surface area (Å²) in [7, 11) is 1.57. The molecule has 0 saturated carbocycles. The number of methoxy groups -OCH3 is 1. The number of ether oxygens (including phenoxy) is 1. The number of aromatic nitrogens is 2. The van der Waals surface area contributed by atoms with Crippen LogP contribution in [0.15, 0.2) is 6.33 Å². The second kappa shape index (κ2) is 5.53. The van der Waals surface area contributed by atoms with Crippen LogP contribution < -0.4 is 15.8 Å². The van der Waals surface area contributed by atoms with Crippen LogP contribution in [0.4, 0.5) is 11.6 Å². The first-order chi connectivity index (χ1) is 7.60. The van der Waals surface area contributed by atoms with Gasteiger partial charge in [0.15, 0.2) is 11.6 Å². The maximum atomic E-state index is 5.71. The quantitative estimate of drug-likeness (QED) is 0.799. The van der Waals surface area contributed by atoms with E-state index >= 15 is 0 Å². The number of hydrogen-bond acceptors (Lipinski definition) is 5. The number of nitrogens with zero attached hydrogens (tertiary/aromatic N) is 2. The molecular formula is C11H20N4O.